The van der Waals surface area contributed by atoms with Crippen molar-refractivity contribution in [3.05, 3.63) is 15.9 Å². The van der Waals surface area contributed by atoms with E-state index in [1.54, 1.807) is 11.7 Å². The van der Waals surface area contributed by atoms with E-state index >= 15 is 0 Å². The lowest BCUT2D eigenvalue weighted by Gasteiger charge is -1.91. The van der Waals surface area contributed by atoms with E-state index in [9.17, 15) is 0 Å². The Morgan fingerprint density at radius 3 is 2.42 bits per heavy atom. The first kappa shape index (κ1) is 12.0. The number of nitrogens with one attached hydrogen (secondary N) is 1. The van der Waals surface area contributed by atoms with Crippen molar-refractivity contribution in [3.8, 4) is 0 Å². The van der Waals surface area contributed by atoms with Crippen LogP contribution in [0.2, 0.25) is 10.2 Å². The molecule has 12 heavy (non-hydrogen) atoms. The summed E-state index contributed by atoms with van der Waals surface area (Å²) in [5.74, 6) is 0. The Kier molecular flexibility index (Phi) is 4.94. The smallest absolute Gasteiger partial charge is 0.145 e. The molecule has 0 aliphatic heterocycles. The van der Waals surface area contributed by atoms with Crippen molar-refractivity contribution in [1.82, 2.24) is 15.1 Å². The quantitative estimate of drug-likeness (QED) is 0.841. The Balaban J connectivity index is 0.00000121. The molecule has 0 fully saturated rings. The minimum atomic E-state index is 0. The van der Waals surface area contributed by atoms with Crippen LogP contribution in [0, 0.1) is 0 Å². The molecule has 0 bridgehead atoms. The molecule has 0 saturated carbocycles. The number of hydrogen-bond acceptors (Lipinski definition) is 2. The number of aryl methyl sites for hydroxylation is 1. The van der Waals surface area contributed by atoms with Crippen LogP contribution in [-0.2, 0) is 13.6 Å². The predicted octanol–water partition coefficient (Wildman–Crippen LogP) is 1.87. The van der Waals surface area contributed by atoms with E-state index in [4.69, 9.17) is 23.2 Å². The van der Waals surface area contributed by atoms with Gasteiger partial charge in [0.15, 0.2) is 0 Å². The molecule has 0 amide bonds. The van der Waals surface area contributed by atoms with E-state index in [2.05, 4.69) is 10.4 Å². The predicted molar refractivity (Wildman–Crippen MR) is 53.2 cm³/mol. The maximum atomic E-state index is 5.84. The normalized spacial score (nSPS) is 9.67. The number of aromatic nitrogens is 2. The summed E-state index contributed by atoms with van der Waals surface area (Å²) in [6.07, 6.45) is 0. The molecule has 0 aliphatic carbocycles. The molecule has 6 heteroatoms. The summed E-state index contributed by atoms with van der Waals surface area (Å²) in [6.45, 7) is 0.638. The summed E-state index contributed by atoms with van der Waals surface area (Å²) < 4.78 is 1.55. The molecule has 3 nitrogen and oxygen atoms in total. The van der Waals surface area contributed by atoms with Crippen molar-refractivity contribution in [2.45, 2.75) is 6.54 Å². The van der Waals surface area contributed by atoms with Gasteiger partial charge in [-0.05, 0) is 7.05 Å². The second-order valence-electron chi connectivity index (χ2n) is 2.21. The van der Waals surface area contributed by atoms with Crippen LogP contribution in [0.3, 0.4) is 0 Å². The molecule has 0 aromatic carbocycles. The van der Waals surface area contributed by atoms with E-state index in [0.717, 1.165) is 5.69 Å². The van der Waals surface area contributed by atoms with Crippen molar-refractivity contribution in [2.24, 2.45) is 7.05 Å². The van der Waals surface area contributed by atoms with Crippen LogP contribution in [0.25, 0.3) is 0 Å². The lowest BCUT2D eigenvalue weighted by atomic mass is 10.4. The highest BCUT2D eigenvalue weighted by Gasteiger charge is 2.10. The third-order valence-corrected chi connectivity index (χ3v) is 2.26. The lowest BCUT2D eigenvalue weighted by molar-refractivity contribution is 0.712. The van der Waals surface area contributed by atoms with E-state index < -0.39 is 0 Å². The van der Waals surface area contributed by atoms with E-state index in [1.807, 2.05) is 7.05 Å². The van der Waals surface area contributed by atoms with Gasteiger partial charge in [0.2, 0.25) is 0 Å². The van der Waals surface area contributed by atoms with Gasteiger partial charge in [0.1, 0.15) is 10.2 Å². The van der Waals surface area contributed by atoms with Crippen molar-refractivity contribution in [3.63, 3.8) is 0 Å². The fraction of sp³-hybridized carbons (Fsp3) is 0.500. The standard InChI is InChI=1S/C6H9Cl2N3.ClH/c1-9-3-4-5(7)6(8)11(2)10-4;/h9H,3H2,1-2H3;1H. The van der Waals surface area contributed by atoms with E-state index in [1.165, 1.54) is 0 Å². The number of hydrogen-bond donors (Lipinski definition) is 1. The fourth-order valence-corrected chi connectivity index (χ4v) is 1.18. The zero-order chi connectivity index (χ0) is 8.43. The van der Waals surface area contributed by atoms with E-state index in [-0.39, 0.29) is 12.4 Å². The van der Waals surface area contributed by atoms with Gasteiger partial charge in [-0.3, -0.25) is 4.68 Å². The summed E-state index contributed by atoms with van der Waals surface area (Å²) in [5, 5.41) is 8.05. The SMILES string of the molecule is CNCc1nn(C)c(Cl)c1Cl.Cl. The first-order valence-corrected chi connectivity index (χ1v) is 3.94. The molecule has 0 spiro atoms. The molecule has 1 aromatic heterocycles. The minimum absolute atomic E-state index is 0. The Hall–Kier alpha value is 0.0400. The average Bonchev–Trinajstić information content (AvgIpc) is 2.19. The third kappa shape index (κ3) is 2.26. The molecule has 0 radical (unpaired) electrons. The molecule has 0 unspecified atom stereocenters. The van der Waals surface area contributed by atoms with Gasteiger partial charge in [0.05, 0.1) is 5.69 Å². The summed E-state index contributed by atoms with van der Waals surface area (Å²) >= 11 is 11.6. The second kappa shape index (κ2) is 4.92. The van der Waals surface area contributed by atoms with Gasteiger partial charge in [0, 0.05) is 13.6 Å². The van der Waals surface area contributed by atoms with Crippen LogP contribution < -0.4 is 5.32 Å². The average molecular weight is 231 g/mol. The molecular weight excluding hydrogens is 220 g/mol. The summed E-state index contributed by atoms with van der Waals surface area (Å²) in [6, 6.07) is 0. The van der Waals surface area contributed by atoms with Crippen LogP contribution in [0.15, 0.2) is 0 Å². The Labute approximate surface area is 87.4 Å². The van der Waals surface area contributed by atoms with Crippen molar-refractivity contribution >= 4 is 35.6 Å². The van der Waals surface area contributed by atoms with Crippen LogP contribution >= 0.6 is 35.6 Å². The molecular formula is C6H10Cl3N3. The van der Waals surface area contributed by atoms with Crippen molar-refractivity contribution < 1.29 is 0 Å². The highest BCUT2D eigenvalue weighted by atomic mass is 35.5. The monoisotopic (exact) mass is 229 g/mol. The van der Waals surface area contributed by atoms with Gasteiger partial charge in [-0.1, -0.05) is 23.2 Å². The topological polar surface area (TPSA) is 29.9 Å². The van der Waals surface area contributed by atoms with Crippen LogP contribution in [0.4, 0.5) is 0 Å². The van der Waals surface area contributed by atoms with Crippen molar-refractivity contribution in [2.75, 3.05) is 7.05 Å². The molecule has 1 N–H and O–H groups in total. The molecule has 0 saturated heterocycles. The van der Waals surface area contributed by atoms with E-state index in [0.29, 0.717) is 16.7 Å². The Morgan fingerprint density at radius 1 is 1.50 bits per heavy atom. The highest BCUT2D eigenvalue weighted by Crippen LogP contribution is 2.24. The molecule has 0 aliphatic rings. The summed E-state index contributed by atoms with van der Waals surface area (Å²) in [5.41, 5.74) is 0.779. The molecule has 0 atom stereocenters. The largest absolute Gasteiger partial charge is 0.314 e. The van der Waals surface area contributed by atoms with Gasteiger partial charge in [-0.25, -0.2) is 0 Å². The maximum absolute atomic E-state index is 5.84. The fourth-order valence-electron chi connectivity index (χ4n) is 0.810. The summed E-state index contributed by atoms with van der Waals surface area (Å²) in [4.78, 5) is 0. The first-order valence-electron chi connectivity index (χ1n) is 3.18. The van der Waals surface area contributed by atoms with Gasteiger partial charge >= 0.3 is 0 Å². The van der Waals surface area contributed by atoms with Crippen LogP contribution in [-0.4, -0.2) is 16.8 Å². The number of nitrogens with zero attached hydrogens (tertiary/aromatic N) is 2. The van der Waals surface area contributed by atoms with Gasteiger partial charge in [0.25, 0.3) is 0 Å². The molecule has 1 aromatic rings. The lowest BCUT2D eigenvalue weighted by Crippen LogP contribution is -2.06. The minimum Gasteiger partial charge on any atom is -0.314 e. The number of rotatable bonds is 2. The van der Waals surface area contributed by atoms with Gasteiger partial charge in [-0.15, -0.1) is 12.4 Å². The summed E-state index contributed by atoms with van der Waals surface area (Å²) in [7, 11) is 3.59. The maximum Gasteiger partial charge on any atom is 0.145 e. The van der Waals surface area contributed by atoms with Crippen molar-refractivity contribution in [1.29, 1.82) is 0 Å². The zero-order valence-corrected chi connectivity index (χ0v) is 9.09. The van der Waals surface area contributed by atoms with Gasteiger partial charge < -0.3 is 5.32 Å². The molecule has 70 valence electrons. The first-order chi connectivity index (χ1) is 5.16. The zero-order valence-electron chi connectivity index (χ0n) is 6.77. The van der Waals surface area contributed by atoms with Crippen LogP contribution in [0.5, 0.6) is 0 Å². The van der Waals surface area contributed by atoms with Gasteiger partial charge in [-0.2, -0.15) is 5.10 Å². The Bertz CT molecular complexity index is 259. The third-order valence-electron chi connectivity index (χ3n) is 1.33. The highest BCUT2D eigenvalue weighted by molar-refractivity contribution is 6.41. The second-order valence-corrected chi connectivity index (χ2v) is 2.94. The number of halogens is 3. The molecule has 1 heterocycles. The molecule has 1 rings (SSSR count). The Morgan fingerprint density at radius 2 is 2.08 bits per heavy atom. The van der Waals surface area contributed by atoms with Crippen LogP contribution in [0.1, 0.15) is 5.69 Å².